The highest BCUT2D eigenvalue weighted by molar-refractivity contribution is 6.31. The summed E-state index contributed by atoms with van der Waals surface area (Å²) >= 11 is 6.08. The molecule has 144 valence electrons. The number of urea groups is 1. The first-order valence-corrected chi connectivity index (χ1v) is 10.4. The van der Waals surface area contributed by atoms with Gasteiger partial charge in [0.2, 0.25) is 5.91 Å². The maximum absolute atomic E-state index is 12.9. The number of carbonyl (C=O) groups excluding carboxylic acids is 2. The Labute approximate surface area is 165 Å². The van der Waals surface area contributed by atoms with Gasteiger partial charge in [0.25, 0.3) is 0 Å². The van der Waals surface area contributed by atoms with Crippen LogP contribution >= 0.6 is 11.6 Å². The van der Waals surface area contributed by atoms with Crippen molar-refractivity contribution in [1.29, 1.82) is 0 Å². The zero-order valence-electron chi connectivity index (χ0n) is 15.8. The molecule has 1 aromatic rings. The standard InChI is InChI=1S/C21H26ClN3O2/c1-14-11-15(4-9-19(14)22)12-23-21(27)25(17-7-8-17)18-3-2-10-24(13-18)20(26)16-5-6-16/h4,9,11,16-17H,2-3,5-8,10,12-13H2,1H3/p+1/b25-18+. The number of halogens is 1. The van der Waals surface area contributed by atoms with Crippen LogP contribution in [0.2, 0.25) is 5.02 Å². The van der Waals surface area contributed by atoms with Crippen LogP contribution in [0.25, 0.3) is 0 Å². The summed E-state index contributed by atoms with van der Waals surface area (Å²) in [5.74, 6) is 0.515. The van der Waals surface area contributed by atoms with E-state index in [2.05, 4.69) is 5.32 Å². The van der Waals surface area contributed by atoms with Crippen molar-refractivity contribution in [2.24, 2.45) is 5.92 Å². The van der Waals surface area contributed by atoms with Gasteiger partial charge in [-0.05, 0) is 56.2 Å². The molecule has 6 heteroatoms. The van der Waals surface area contributed by atoms with E-state index in [1.165, 1.54) is 0 Å². The second-order valence-electron chi connectivity index (χ2n) is 8.05. The molecular formula is C21H27ClN3O2+. The van der Waals surface area contributed by atoms with E-state index in [9.17, 15) is 9.59 Å². The van der Waals surface area contributed by atoms with E-state index in [1.54, 1.807) is 0 Å². The first kappa shape index (κ1) is 18.5. The third kappa shape index (κ3) is 4.34. The number of amides is 3. The second kappa shape index (κ2) is 7.63. The lowest BCUT2D eigenvalue weighted by Crippen LogP contribution is -2.47. The molecule has 3 fully saturated rings. The van der Waals surface area contributed by atoms with Crippen LogP contribution in [0.3, 0.4) is 0 Å². The van der Waals surface area contributed by atoms with Crippen LogP contribution in [0.15, 0.2) is 18.2 Å². The first-order valence-electron chi connectivity index (χ1n) is 9.98. The van der Waals surface area contributed by atoms with E-state index in [0.29, 0.717) is 19.1 Å². The second-order valence-corrected chi connectivity index (χ2v) is 8.45. The van der Waals surface area contributed by atoms with Crippen molar-refractivity contribution in [3.63, 3.8) is 0 Å². The van der Waals surface area contributed by atoms with Gasteiger partial charge in [-0.2, -0.15) is 9.37 Å². The predicted octanol–water partition coefficient (Wildman–Crippen LogP) is 3.51. The predicted molar refractivity (Wildman–Crippen MR) is 105 cm³/mol. The van der Waals surface area contributed by atoms with Gasteiger partial charge in [0, 0.05) is 23.9 Å². The third-order valence-electron chi connectivity index (χ3n) is 5.64. The lowest BCUT2D eigenvalue weighted by molar-refractivity contribution is -0.447. The molecule has 1 aliphatic heterocycles. The lowest BCUT2D eigenvalue weighted by Gasteiger charge is -2.28. The highest BCUT2D eigenvalue weighted by atomic mass is 35.5. The summed E-state index contributed by atoms with van der Waals surface area (Å²) in [5.41, 5.74) is 3.15. The van der Waals surface area contributed by atoms with E-state index < -0.39 is 0 Å². The average molecular weight is 389 g/mol. The van der Waals surface area contributed by atoms with Crippen molar-refractivity contribution in [3.8, 4) is 0 Å². The van der Waals surface area contributed by atoms with E-state index in [0.717, 1.165) is 66.9 Å². The van der Waals surface area contributed by atoms with Crippen molar-refractivity contribution in [1.82, 2.24) is 10.2 Å². The van der Waals surface area contributed by atoms with Crippen molar-refractivity contribution < 1.29 is 14.2 Å². The van der Waals surface area contributed by atoms with Crippen LogP contribution in [0.4, 0.5) is 4.79 Å². The largest absolute Gasteiger partial charge is 0.491 e. The number of likely N-dealkylation sites (tertiary alicyclic amines) is 1. The van der Waals surface area contributed by atoms with Crippen LogP contribution in [0, 0.1) is 12.8 Å². The molecule has 27 heavy (non-hydrogen) atoms. The lowest BCUT2D eigenvalue weighted by atomic mass is 10.1. The highest BCUT2D eigenvalue weighted by Crippen LogP contribution is 2.32. The van der Waals surface area contributed by atoms with Crippen molar-refractivity contribution in [3.05, 3.63) is 34.3 Å². The number of nitrogens with one attached hydrogen (secondary N) is 1. The van der Waals surface area contributed by atoms with Crippen molar-refractivity contribution in [2.45, 2.75) is 58.0 Å². The number of rotatable bonds is 4. The van der Waals surface area contributed by atoms with Crippen LogP contribution in [0.5, 0.6) is 0 Å². The minimum atomic E-state index is -0.0409. The van der Waals surface area contributed by atoms with E-state index >= 15 is 0 Å². The van der Waals surface area contributed by atoms with Gasteiger partial charge in [0.15, 0.2) is 0 Å². The smallest absolute Gasteiger partial charge is 0.335 e. The van der Waals surface area contributed by atoms with Gasteiger partial charge in [-0.15, -0.1) is 0 Å². The van der Waals surface area contributed by atoms with E-state index in [1.807, 2.05) is 34.6 Å². The zero-order valence-corrected chi connectivity index (χ0v) is 16.6. The number of nitrogens with zero attached hydrogens (tertiary/aromatic N) is 2. The Balaban J connectivity index is 1.46. The number of piperidine rings is 1. The van der Waals surface area contributed by atoms with Crippen LogP contribution < -0.4 is 5.32 Å². The van der Waals surface area contributed by atoms with Gasteiger partial charge in [-0.3, -0.25) is 4.79 Å². The number of benzene rings is 1. The molecular weight excluding hydrogens is 362 g/mol. The summed E-state index contributed by atoms with van der Waals surface area (Å²) < 4.78 is 1.94. The molecule has 1 heterocycles. The molecule has 2 saturated carbocycles. The summed E-state index contributed by atoms with van der Waals surface area (Å²) in [5, 5.41) is 3.80. The molecule has 0 unspecified atom stereocenters. The Morgan fingerprint density at radius 3 is 2.70 bits per heavy atom. The Hall–Kier alpha value is -1.88. The number of carbonyl (C=O) groups is 2. The highest BCUT2D eigenvalue weighted by Gasteiger charge is 2.40. The van der Waals surface area contributed by atoms with Gasteiger partial charge < -0.3 is 4.90 Å². The maximum atomic E-state index is 12.9. The maximum Gasteiger partial charge on any atom is 0.491 e. The van der Waals surface area contributed by atoms with E-state index in [-0.39, 0.29) is 17.9 Å². The monoisotopic (exact) mass is 388 g/mol. The fourth-order valence-electron chi connectivity index (χ4n) is 3.81. The Morgan fingerprint density at radius 1 is 1.26 bits per heavy atom. The summed E-state index contributed by atoms with van der Waals surface area (Å²) in [6, 6.07) is 6.08. The molecule has 1 N–H and O–H groups in total. The molecule has 0 aromatic heterocycles. The van der Waals surface area contributed by atoms with Crippen LogP contribution in [-0.4, -0.2) is 46.3 Å². The van der Waals surface area contributed by atoms with Gasteiger partial charge in [0.05, 0.1) is 6.54 Å². The molecule has 0 radical (unpaired) electrons. The Morgan fingerprint density at radius 2 is 2.04 bits per heavy atom. The molecule has 5 nitrogen and oxygen atoms in total. The third-order valence-corrected chi connectivity index (χ3v) is 6.07. The fourth-order valence-corrected chi connectivity index (χ4v) is 3.92. The Kier molecular flexibility index (Phi) is 5.22. The van der Waals surface area contributed by atoms with Gasteiger partial charge in [0.1, 0.15) is 18.3 Å². The SMILES string of the molecule is Cc1cc(CNC(=O)/[N+](=C2\CCCN(C(=O)C3CC3)C2)C2CC2)ccc1Cl. The zero-order chi connectivity index (χ0) is 19.0. The normalized spacial score (nSPS) is 21.8. The molecule has 1 aromatic carbocycles. The molecule has 0 bridgehead atoms. The molecule has 4 rings (SSSR count). The topological polar surface area (TPSA) is 52.4 Å². The summed E-state index contributed by atoms with van der Waals surface area (Å²) in [7, 11) is 0. The van der Waals surface area contributed by atoms with Crippen LogP contribution in [-0.2, 0) is 11.3 Å². The Bertz CT molecular complexity index is 797. The number of hydrogen-bond acceptors (Lipinski definition) is 2. The molecule has 3 aliphatic rings. The van der Waals surface area contributed by atoms with Gasteiger partial charge in [-0.1, -0.05) is 23.7 Å². The minimum Gasteiger partial charge on any atom is -0.335 e. The number of aryl methyl sites for hydroxylation is 1. The molecule has 3 amide bonds. The summed E-state index contributed by atoms with van der Waals surface area (Å²) in [4.78, 5) is 27.3. The number of hydrogen-bond donors (Lipinski definition) is 1. The fraction of sp³-hybridized carbons (Fsp3) is 0.571. The van der Waals surface area contributed by atoms with E-state index in [4.69, 9.17) is 11.6 Å². The summed E-state index contributed by atoms with van der Waals surface area (Å²) in [6.07, 6.45) is 6.00. The van der Waals surface area contributed by atoms with Crippen molar-refractivity contribution in [2.75, 3.05) is 13.1 Å². The van der Waals surface area contributed by atoms with Gasteiger partial charge >= 0.3 is 6.03 Å². The molecule has 1 saturated heterocycles. The van der Waals surface area contributed by atoms with Gasteiger partial charge in [-0.25, -0.2) is 5.32 Å². The molecule has 0 atom stereocenters. The molecule has 0 spiro atoms. The summed E-state index contributed by atoms with van der Waals surface area (Å²) in [6.45, 7) is 3.88. The first-order chi connectivity index (χ1) is 13.0. The quantitative estimate of drug-likeness (QED) is 0.802. The van der Waals surface area contributed by atoms with Crippen molar-refractivity contribution >= 4 is 29.3 Å². The van der Waals surface area contributed by atoms with Crippen LogP contribution in [0.1, 0.15) is 49.7 Å². The molecule has 2 aliphatic carbocycles. The average Bonchev–Trinajstić information content (AvgIpc) is 3.55. The minimum absolute atomic E-state index is 0.0409.